The molecule has 0 amide bonds. The highest BCUT2D eigenvalue weighted by molar-refractivity contribution is 9.09. The average Bonchev–Trinajstić information content (AvgIpc) is 2.48. The van der Waals surface area contributed by atoms with E-state index >= 15 is 0 Å². The Kier molecular flexibility index (Phi) is 6.27. The van der Waals surface area contributed by atoms with Crippen LogP contribution in [0.1, 0.15) is 39.5 Å². The van der Waals surface area contributed by atoms with Gasteiger partial charge in [0.1, 0.15) is 0 Å². The normalized spacial score (nSPS) is 20.5. The highest BCUT2D eigenvalue weighted by atomic mass is 79.9. The van der Waals surface area contributed by atoms with Gasteiger partial charge < -0.3 is 4.90 Å². The number of piperidine rings is 1. The predicted octanol–water partition coefficient (Wildman–Crippen LogP) is 3.29. The van der Waals surface area contributed by atoms with Gasteiger partial charge in [0.15, 0.2) is 0 Å². The molecule has 1 fully saturated rings. The van der Waals surface area contributed by atoms with Gasteiger partial charge in [-0.1, -0.05) is 36.2 Å². The van der Waals surface area contributed by atoms with E-state index in [-0.39, 0.29) is 5.56 Å². The summed E-state index contributed by atoms with van der Waals surface area (Å²) in [6, 6.07) is 1.75. The van der Waals surface area contributed by atoms with Crippen LogP contribution >= 0.6 is 15.9 Å². The lowest BCUT2D eigenvalue weighted by Gasteiger charge is -2.32. The molecule has 1 aromatic heterocycles. The molecule has 1 aliphatic heterocycles. The second kappa shape index (κ2) is 7.97. The van der Waals surface area contributed by atoms with Crippen LogP contribution < -0.4 is 10.5 Å². The fourth-order valence-electron chi connectivity index (χ4n) is 3.03. The highest BCUT2D eigenvalue weighted by Crippen LogP contribution is 2.21. The maximum atomic E-state index is 12.3. The third kappa shape index (κ3) is 4.56. The van der Waals surface area contributed by atoms with Crippen LogP contribution in [0.15, 0.2) is 17.1 Å². The summed E-state index contributed by atoms with van der Waals surface area (Å²) in [5.74, 6) is 1.17. The Balaban J connectivity index is 2.08. The zero-order valence-electron chi connectivity index (χ0n) is 13.1. The molecule has 0 spiro atoms. The molecular weight excluding hydrogens is 330 g/mol. The van der Waals surface area contributed by atoms with Gasteiger partial charge in [-0.2, -0.15) is 5.10 Å². The Morgan fingerprint density at radius 1 is 1.52 bits per heavy atom. The van der Waals surface area contributed by atoms with Gasteiger partial charge >= 0.3 is 0 Å². The SMILES string of the molecule is CCCC(CBr)Cn1ncc(N2CCCC(C)C2)cc1=O. The molecule has 2 atom stereocenters. The van der Waals surface area contributed by atoms with Gasteiger partial charge in [-0.15, -0.1) is 0 Å². The molecule has 118 valence electrons. The molecular formula is C16H26BrN3O. The van der Waals surface area contributed by atoms with Gasteiger partial charge in [0.05, 0.1) is 11.9 Å². The molecule has 5 heteroatoms. The summed E-state index contributed by atoms with van der Waals surface area (Å²) in [5.41, 5.74) is 1.00. The maximum absolute atomic E-state index is 12.3. The maximum Gasteiger partial charge on any atom is 0.268 e. The number of nitrogens with zero attached hydrogens (tertiary/aromatic N) is 3. The predicted molar refractivity (Wildman–Crippen MR) is 91.3 cm³/mol. The monoisotopic (exact) mass is 355 g/mol. The van der Waals surface area contributed by atoms with Crippen LogP contribution in [-0.4, -0.2) is 28.2 Å². The lowest BCUT2D eigenvalue weighted by atomic mass is 10.00. The van der Waals surface area contributed by atoms with E-state index in [1.165, 1.54) is 12.8 Å². The Hall–Kier alpha value is -0.840. The van der Waals surface area contributed by atoms with E-state index in [2.05, 4.69) is 39.8 Å². The molecule has 1 aliphatic rings. The molecule has 0 radical (unpaired) electrons. The van der Waals surface area contributed by atoms with Gasteiger partial charge in [0.25, 0.3) is 5.56 Å². The largest absolute Gasteiger partial charge is 0.370 e. The first-order valence-electron chi connectivity index (χ1n) is 8.02. The quantitative estimate of drug-likeness (QED) is 0.734. The molecule has 21 heavy (non-hydrogen) atoms. The third-order valence-corrected chi connectivity index (χ3v) is 5.14. The van der Waals surface area contributed by atoms with Crippen molar-refractivity contribution in [1.29, 1.82) is 0 Å². The molecule has 1 saturated heterocycles. The van der Waals surface area contributed by atoms with Crippen molar-refractivity contribution < 1.29 is 0 Å². The van der Waals surface area contributed by atoms with Gasteiger partial charge in [0, 0.05) is 31.0 Å². The van der Waals surface area contributed by atoms with E-state index in [0.29, 0.717) is 18.4 Å². The standard InChI is InChI=1S/C16H26BrN3O/c1-3-5-14(9-17)12-20-16(21)8-15(10-18-20)19-7-4-6-13(2)11-19/h8,10,13-14H,3-7,9,11-12H2,1-2H3. The smallest absolute Gasteiger partial charge is 0.268 e. The lowest BCUT2D eigenvalue weighted by Crippen LogP contribution is -2.36. The second-order valence-corrected chi connectivity index (χ2v) is 6.88. The van der Waals surface area contributed by atoms with Crippen molar-refractivity contribution in [2.24, 2.45) is 11.8 Å². The summed E-state index contributed by atoms with van der Waals surface area (Å²) in [7, 11) is 0. The summed E-state index contributed by atoms with van der Waals surface area (Å²) < 4.78 is 1.61. The molecule has 1 aromatic rings. The van der Waals surface area contributed by atoms with Crippen molar-refractivity contribution in [3.8, 4) is 0 Å². The first kappa shape index (κ1) is 16.5. The number of alkyl halides is 1. The fourth-order valence-corrected chi connectivity index (χ4v) is 3.56. The zero-order chi connectivity index (χ0) is 15.2. The van der Waals surface area contributed by atoms with Crippen LogP contribution in [0.5, 0.6) is 0 Å². The molecule has 0 aromatic carbocycles. The minimum Gasteiger partial charge on any atom is -0.370 e. The summed E-state index contributed by atoms with van der Waals surface area (Å²) >= 11 is 3.53. The Bertz CT molecular complexity index is 503. The van der Waals surface area contributed by atoms with Crippen LogP contribution in [0.25, 0.3) is 0 Å². The van der Waals surface area contributed by atoms with Crippen molar-refractivity contribution in [2.75, 3.05) is 23.3 Å². The van der Waals surface area contributed by atoms with Crippen LogP contribution in [0.3, 0.4) is 0 Å². The van der Waals surface area contributed by atoms with Gasteiger partial charge in [-0.3, -0.25) is 4.79 Å². The summed E-state index contributed by atoms with van der Waals surface area (Å²) in [5, 5.41) is 5.31. The summed E-state index contributed by atoms with van der Waals surface area (Å²) in [6.45, 7) is 7.22. The molecule has 2 heterocycles. The van der Waals surface area contributed by atoms with E-state index in [0.717, 1.165) is 36.9 Å². The highest BCUT2D eigenvalue weighted by Gasteiger charge is 2.18. The first-order chi connectivity index (χ1) is 10.1. The van der Waals surface area contributed by atoms with E-state index in [9.17, 15) is 4.79 Å². The average molecular weight is 356 g/mol. The van der Waals surface area contributed by atoms with E-state index in [1.54, 1.807) is 10.7 Å². The molecule has 2 unspecified atom stereocenters. The molecule has 0 aliphatic carbocycles. The minimum absolute atomic E-state index is 0.0211. The molecule has 0 N–H and O–H groups in total. The van der Waals surface area contributed by atoms with Crippen LogP contribution in [0, 0.1) is 11.8 Å². The zero-order valence-corrected chi connectivity index (χ0v) is 14.7. The summed E-state index contributed by atoms with van der Waals surface area (Å²) in [4.78, 5) is 14.6. The van der Waals surface area contributed by atoms with Gasteiger partial charge in [-0.25, -0.2) is 4.68 Å². The van der Waals surface area contributed by atoms with Crippen molar-refractivity contribution in [3.63, 3.8) is 0 Å². The first-order valence-corrected chi connectivity index (χ1v) is 9.14. The second-order valence-electron chi connectivity index (χ2n) is 6.24. The van der Waals surface area contributed by atoms with E-state index in [1.807, 2.05) is 6.20 Å². The van der Waals surface area contributed by atoms with Gasteiger partial charge in [-0.05, 0) is 31.1 Å². The topological polar surface area (TPSA) is 38.1 Å². The fraction of sp³-hybridized carbons (Fsp3) is 0.750. The number of hydrogen-bond acceptors (Lipinski definition) is 3. The van der Waals surface area contributed by atoms with Crippen LogP contribution in [0.2, 0.25) is 0 Å². The third-order valence-electron chi connectivity index (χ3n) is 4.22. The Labute approximate surface area is 135 Å². The Morgan fingerprint density at radius 2 is 2.33 bits per heavy atom. The molecule has 4 nitrogen and oxygen atoms in total. The number of anilines is 1. The Morgan fingerprint density at radius 3 is 2.95 bits per heavy atom. The van der Waals surface area contributed by atoms with E-state index in [4.69, 9.17) is 0 Å². The minimum atomic E-state index is 0.0211. The molecule has 2 rings (SSSR count). The molecule has 0 saturated carbocycles. The summed E-state index contributed by atoms with van der Waals surface area (Å²) in [6.07, 6.45) is 6.59. The number of hydrogen-bond donors (Lipinski definition) is 0. The number of rotatable bonds is 6. The van der Waals surface area contributed by atoms with E-state index < -0.39 is 0 Å². The van der Waals surface area contributed by atoms with Crippen molar-refractivity contribution in [2.45, 2.75) is 46.1 Å². The number of aromatic nitrogens is 2. The van der Waals surface area contributed by atoms with Crippen LogP contribution in [0.4, 0.5) is 5.69 Å². The van der Waals surface area contributed by atoms with Crippen molar-refractivity contribution in [3.05, 3.63) is 22.6 Å². The lowest BCUT2D eigenvalue weighted by molar-refractivity contribution is 0.413. The van der Waals surface area contributed by atoms with Crippen LogP contribution in [-0.2, 0) is 6.54 Å². The van der Waals surface area contributed by atoms with Crippen molar-refractivity contribution in [1.82, 2.24) is 9.78 Å². The van der Waals surface area contributed by atoms with Crippen molar-refractivity contribution >= 4 is 21.6 Å². The number of halogens is 1. The van der Waals surface area contributed by atoms with Gasteiger partial charge in [0.2, 0.25) is 0 Å². The molecule has 0 bridgehead atoms.